The van der Waals surface area contributed by atoms with Crippen LogP contribution >= 0.6 is 39.3 Å². The Kier molecular flexibility index (Phi) is 8.80. The summed E-state index contributed by atoms with van der Waals surface area (Å²) in [6.07, 6.45) is 0. The maximum atomic E-state index is 14.2. The van der Waals surface area contributed by atoms with Gasteiger partial charge in [0.25, 0.3) is 5.91 Å². The van der Waals surface area contributed by atoms with Crippen LogP contribution in [0.5, 0.6) is 5.75 Å². The van der Waals surface area contributed by atoms with Crippen LogP contribution in [0.4, 0.5) is 10.1 Å². The van der Waals surface area contributed by atoms with Gasteiger partial charge < -0.3 is 15.4 Å². The molecule has 0 saturated heterocycles. The van der Waals surface area contributed by atoms with E-state index in [1.165, 1.54) is 23.9 Å². The Hall–Kier alpha value is -3.41. The van der Waals surface area contributed by atoms with E-state index in [9.17, 15) is 14.0 Å². The minimum atomic E-state index is -0.724. The third kappa shape index (κ3) is 6.68. The highest BCUT2D eigenvalue weighted by Gasteiger charge is 2.19. The maximum absolute atomic E-state index is 14.2. The van der Waals surface area contributed by atoms with Crippen LogP contribution in [0.15, 0.2) is 76.4 Å². The number of thioether (sulfide) groups is 1. The monoisotopic (exact) mass is 603 g/mol. The van der Waals surface area contributed by atoms with Crippen molar-refractivity contribution in [3.63, 3.8) is 0 Å². The second-order valence-corrected chi connectivity index (χ2v) is 9.82. The van der Waals surface area contributed by atoms with Gasteiger partial charge in [0.1, 0.15) is 11.6 Å². The first-order valence-corrected chi connectivity index (χ1v) is 13.0. The van der Waals surface area contributed by atoms with E-state index < -0.39 is 11.7 Å². The molecule has 0 aliphatic heterocycles. The smallest absolute Gasteiger partial charge is 0.256 e. The first kappa shape index (κ1) is 26.6. The number of aromatic nitrogens is 3. The van der Waals surface area contributed by atoms with Crippen molar-refractivity contribution in [1.82, 2.24) is 20.1 Å². The fourth-order valence-electron chi connectivity index (χ4n) is 3.32. The quantitative estimate of drug-likeness (QED) is 0.245. The van der Waals surface area contributed by atoms with Crippen LogP contribution in [0.3, 0.4) is 0 Å². The van der Waals surface area contributed by atoms with Crippen LogP contribution in [0.25, 0.3) is 5.69 Å². The van der Waals surface area contributed by atoms with Crippen molar-refractivity contribution < 1.29 is 18.7 Å². The Morgan fingerprint density at radius 1 is 1.08 bits per heavy atom. The average Bonchev–Trinajstić information content (AvgIpc) is 3.30. The molecule has 0 bridgehead atoms. The number of anilines is 1. The molecule has 4 aromatic rings. The van der Waals surface area contributed by atoms with Crippen LogP contribution in [0, 0.1) is 5.82 Å². The number of rotatable bonds is 9. The summed E-state index contributed by atoms with van der Waals surface area (Å²) >= 11 is 10.6. The minimum absolute atomic E-state index is 0.00555. The van der Waals surface area contributed by atoms with Gasteiger partial charge in [0.2, 0.25) is 5.91 Å². The van der Waals surface area contributed by atoms with Crippen LogP contribution < -0.4 is 15.4 Å². The molecule has 1 aromatic heterocycles. The first-order chi connectivity index (χ1) is 17.9. The summed E-state index contributed by atoms with van der Waals surface area (Å²) in [6.45, 7) is -0.0504. The average molecular weight is 605 g/mol. The van der Waals surface area contributed by atoms with Crippen LogP contribution in [0.1, 0.15) is 16.2 Å². The lowest BCUT2D eigenvalue weighted by molar-refractivity contribution is -0.113. The molecule has 0 fully saturated rings. The molecule has 4 rings (SSSR count). The van der Waals surface area contributed by atoms with Gasteiger partial charge in [-0.3, -0.25) is 14.2 Å². The molecule has 0 radical (unpaired) electrons. The normalized spacial score (nSPS) is 10.7. The second-order valence-electron chi connectivity index (χ2n) is 7.56. The predicted molar refractivity (Wildman–Crippen MR) is 144 cm³/mol. The molecule has 0 atom stereocenters. The van der Waals surface area contributed by atoms with Crippen LogP contribution in [-0.4, -0.2) is 39.4 Å². The zero-order chi connectivity index (χ0) is 26.4. The van der Waals surface area contributed by atoms with Gasteiger partial charge in [-0.15, -0.1) is 10.2 Å². The summed E-state index contributed by atoms with van der Waals surface area (Å²) in [7, 11) is 1.57. The first-order valence-electron chi connectivity index (χ1n) is 10.8. The lowest BCUT2D eigenvalue weighted by atomic mass is 10.2. The van der Waals surface area contributed by atoms with Gasteiger partial charge in [0.05, 0.1) is 30.0 Å². The van der Waals surface area contributed by atoms with Crippen LogP contribution in [0.2, 0.25) is 5.02 Å². The summed E-state index contributed by atoms with van der Waals surface area (Å²) in [5.41, 5.74) is 1.11. The molecule has 2 N–H and O–H groups in total. The van der Waals surface area contributed by atoms with Crippen molar-refractivity contribution in [2.45, 2.75) is 11.7 Å². The molecule has 0 saturated carbocycles. The molecule has 12 heteroatoms. The zero-order valence-electron chi connectivity index (χ0n) is 19.4. The molecule has 3 aromatic carbocycles. The number of hydrogen-bond acceptors (Lipinski definition) is 6. The van der Waals surface area contributed by atoms with Crippen molar-refractivity contribution in [1.29, 1.82) is 0 Å². The molecule has 0 spiro atoms. The van der Waals surface area contributed by atoms with Gasteiger partial charge in [-0.2, -0.15) is 0 Å². The van der Waals surface area contributed by atoms with Crippen molar-refractivity contribution in [3.05, 3.63) is 93.4 Å². The molecular weight excluding hydrogens is 585 g/mol. The second kappa shape index (κ2) is 12.2. The van der Waals surface area contributed by atoms with Gasteiger partial charge in [-0.05, 0) is 60.7 Å². The minimum Gasteiger partial charge on any atom is -0.497 e. The fourth-order valence-corrected chi connectivity index (χ4v) is 4.61. The van der Waals surface area contributed by atoms with E-state index in [4.69, 9.17) is 16.3 Å². The van der Waals surface area contributed by atoms with Crippen molar-refractivity contribution in [2.75, 3.05) is 18.2 Å². The molecule has 1 heterocycles. The van der Waals surface area contributed by atoms with Gasteiger partial charge in [0.15, 0.2) is 11.0 Å². The zero-order valence-corrected chi connectivity index (χ0v) is 22.5. The number of benzene rings is 3. The van der Waals surface area contributed by atoms with Gasteiger partial charge >= 0.3 is 0 Å². The number of carbonyl (C=O) groups excluding carboxylic acids is 2. The number of halogens is 3. The Morgan fingerprint density at radius 3 is 2.49 bits per heavy atom. The third-order valence-electron chi connectivity index (χ3n) is 5.09. The maximum Gasteiger partial charge on any atom is 0.256 e. The van der Waals surface area contributed by atoms with Crippen molar-refractivity contribution in [3.8, 4) is 11.4 Å². The summed E-state index contributed by atoms with van der Waals surface area (Å²) in [6, 6.07) is 18.4. The Labute approximate surface area is 229 Å². The van der Waals surface area contributed by atoms with E-state index in [-0.39, 0.29) is 28.8 Å². The third-order valence-corrected chi connectivity index (χ3v) is 6.86. The molecule has 0 unspecified atom stereocenters. The van der Waals surface area contributed by atoms with E-state index in [0.717, 1.165) is 16.2 Å². The Bertz CT molecular complexity index is 1400. The lowest BCUT2D eigenvalue weighted by Crippen LogP contribution is -2.26. The number of ether oxygens (including phenoxy) is 1. The van der Waals surface area contributed by atoms with Gasteiger partial charge in [0, 0.05) is 15.8 Å². The molecule has 37 heavy (non-hydrogen) atoms. The number of nitrogens with one attached hydrogen (secondary N) is 2. The summed E-state index contributed by atoms with van der Waals surface area (Å²) in [4.78, 5) is 25.2. The highest BCUT2D eigenvalue weighted by molar-refractivity contribution is 9.10. The number of nitrogens with zero attached hydrogens (tertiary/aromatic N) is 3. The van der Waals surface area contributed by atoms with E-state index in [1.807, 2.05) is 24.3 Å². The summed E-state index contributed by atoms with van der Waals surface area (Å²) < 4.78 is 21.9. The lowest BCUT2D eigenvalue weighted by Gasteiger charge is -2.12. The molecule has 0 aliphatic rings. The van der Waals surface area contributed by atoms with E-state index in [2.05, 4.69) is 36.8 Å². The number of hydrogen-bond donors (Lipinski definition) is 2. The van der Waals surface area contributed by atoms with Crippen molar-refractivity contribution in [2.24, 2.45) is 0 Å². The molecule has 2 amide bonds. The number of amides is 2. The Morgan fingerprint density at radius 2 is 1.81 bits per heavy atom. The summed E-state index contributed by atoms with van der Waals surface area (Å²) in [5.74, 6) is -0.490. The molecule has 0 aliphatic carbocycles. The van der Waals surface area contributed by atoms with Crippen molar-refractivity contribution >= 4 is 56.8 Å². The number of carbonyl (C=O) groups is 2. The standard InChI is InChI=1S/C25H20BrClFN5O3S/c1-36-18-11-7-16(8-12-18)30-22(34)14-37-25-32-31-21(33(25)17-9-5-15(26)6-10-17)13-29-24(35)23-19(27)3-2-4-20(23)28/h2-12H,13-14H2,1H3,(H,29,35)(H,30,34). The topological polar surface area (TPSA) is 98.1 Å². The largest absolute Gasteiger partial charge is 0.497 e. The molecule has 190 valence electrons. The van der Waals surface area contributed by atoms with Gasteiger partial charge in [-0.25, -0.2) is 4.39 Å². The predicted octanol–water partition coefficient (Wildman–Crippen LogP) is 5.49. The van der Waals surface area contributed by atoms with E-state index >= 15 is 0 Å². The highest BCUT2D eigenvalue weighted by atomic mass is 79.9. The highest BCUT2D eigenvalue weighted by Crippen LogP contribution is 2.25. The fraction of sp³-hybridized carbons (Fsp3) is 0.120. The Balaban J connectivity index is 1.50. The molecule has 8 nitrogen and oxygen atoms in total. The molecular formula is C25H20BrClFN5O3S. The summed E-state index contributed by atoms with van der Waals surface area (Å²) in [5, 5.41) is 14.3. The van der Waals surface area contributed by atoms with Gasteiger partial charge in [-0.1, -0.05) is 45.4 Å². The SMILES string of the molecule is COc1ccc(NC(=O)CSc2nnc(CNC(=O)c3c(F)cccc3Cl)n2-c2ccc(Br)cc2)cc1. The van der Waals surface area contributed by atoms with E-state index in [0.29, 0.717) is 22.4 Å². The number of methoxy groups -OCH3 is 1. The van der Waals surface area contributed by atoms with Crippen LogP contribution in [-0.2, 0) is 11.3 Å². The van der Waals surface area contributed by atoms with E-state index in [1.54, 1.807) is 35.9 Å².